The molecule has 0 aliphatic carbocycles. The average Bonchev–Trinajstić information content (AvgIpc) is 3.67. The molecule has 1 aliphatic heterocycles. The van der Waals surface area contributed by atoms with Gasteiger partial charge in [-0.2, -0.15) is 16.4 Å². The van der Waals surface area contributed by atoms with Crippen molar-refractivity contribution in [3.05, 3.63) is 113 Å². The highest BCUT2D eigenvalue weighted by Gasteiger charge is 2.37. The van der Waals surface area contributed by atoms with E-state index in [1.54, 1.807) is 46.0 Å². The van der Waals surface area contributed by atoms with Crippen molar-refractivity contribution >= 4 is 40.7 Å². The molecule has 0 spiro atoms. The quantitative estimate of drug-likeness (QED) is 0.261. The first-order valence-electron chi connectivity index (χ1n) is 13.1. The number of hydrogen-bond donors (Lipinski definition) is 1. The maximum absolute atomic E-state index is 13.8. The molecule has 1 atom stereocenters. The lowest BCUT2D eigenvalue weighted by Gasteiger charge is -2.23. The highest BCUT2D eigenvalue weighted by atomic mass is 32.2. The van der Waals surface area contributed by atoms with Gasteiger partial charge in [0.2, 0.25) is 11.8 Å². The molecule has 2 amide bonds. The number of nitrogens with zero attached hydrogens (tertiary/aromatic N) is 4. The molecule has 1 N–H and O–H groups in total. The molecule has 0 fully saturated rings. The van der Waals surface area contributed by atoms with Crippen LogP contribution >= 0.6 is 23.1 Å². The van der Waals surface area contributed by atoms with E-state index in [0.717, 1.165) is 33.8 Å². The van der Waals surface area contributed by atoms with Crippen molar-refractivity contribution in [1.82, 2.24) is 20.1 Å². The molecule has 2 aromatic carbocycles. The van der Waals surface area contributed by atoms with Crippen LogP contribution in [-0.2, 0) is 16.1 Å². The Labute approximate surface area is 246 Å². The Morgan fingerprint density at radius 1 is 1.05 bits per heavy atom. The lowest BCUT2D eigenvalue weighted by atomic mass is 10.0. The second-order valence-corrected chi connectivity index (χ2v) is 11.3. The summed E-state index contributed by atoms with van der Waals surface area (Å²) >= 11 is 3.17. The minimum atomic E-state index is -0.280. The van der Waals surface area contributed by atoms with Gasteiger partial charge in [0.15, 0.2) is 0 Å². The van der Waals surface area contributed by atoms with Crippen LogP contribution in [0.4, 0.5) is 5.82 Å². The summed E-state index contributed by atoms with van der Waals surface area (Å²) in [5.41, 5.74) is 5.21. The van der Waals surface area contributed by atoms with Crippen LogP contribution in [0.3, 0.4) is 0 Å². The standard InChI is InChI=1S/C31H27N5O3S2/c1-39-25-12-10-24(11-13-25)36-31-28(29(34-36)21-7-3-2-4-8-21)30(22-14-16-40-19-22)41-20-27(38)35(31)18-26(37)33-17-23-9-5-6-15-32-23/h2-16,19,30H,17-18,20H2,1H3,(H,33,37)/t30-/m1/s1. The van der Waals surface area contributed by atoms with Crippen molar-refractivity contribution in [2.45, 2.75) is 11.8 Å². The molecule has 0 bridgehead atoms. The molecule has 8 nitrogen and oxygen atoms in total. The van der Waals surface area contributed by atoms with Crippen LogP contribution in [0.15, 0.2) is 95.8 Å². The van der Waals surface area contributed by atoms with Gasteiger partial charge in [-0.1, -0.05) is 36.4 Å². The molecule has 0 saturated heterocycles. The fourth-order valence-electron chi connectivity index (χ4n) is 4.81. The Balaban J connectivity index is 1.49. The molecule has 0 radical (unpaired) electrons. The number of aromatic nitrogens is 3. The summed E-state index contributed by atoms with van der Waals surface area (Å²) in [6, 6.07) is 25.1. The van der Waals surface area contributed by atoms with E-state index >= 15 is 0 Å². The number of amides is 2. The number of carbonyl (C=O) groups is 2. The van der Waals surface area contributed by atoms with Crippen LogP contribution in [-0.4, -0.2) is 46.0 Å². The number of fused-ring (bicyclic) bond motifs is 1. The van der Waals surface area contributed by atoms with Crippen molar-refractivity contribution in [2.24, 2.45) is 0 Å². The van der Waals surface area contributed by atoms with Gasteiger partial charge in [0, 0.05) is 17.3 Å². The predicted molar refractivity (Wildman–Crippen MR) is 163 cm³/mol. The summed E-state index contributed by atoms with van der Waals surface area (Å²) in [5.74, 6) is 1.09. The van der Waals surface area contributed by atoms with Gasteiger partial charge in [0.05, 0.1) is 41.7 Å². The molecule has 206 valence electrons. The maximum Gasteiger partial charge on any atom is 0.240 e. The summed E-state index contributed by atoms with van der Waals surface area (Å²) in [7, 11) is 1.62. The van der Waals surface area contributed by atoms with Crippen LogP contribution in [0, 0.1) is 0 Å². The molecule has 4 heterocycles. The SMILES string of the molecule is COc1ccc(-n2nc(-c3ccccc3)c3c2N(CC(=O)NCc2ccccn2)C(=O)CS[C@@H]3c2ccsc2)cc1. The molecule has 0 saturated carbocycles. The largest absolute Gasteiger partial charge is 0.497 e. The minimum Gasteiger partial charge on any atom is -0.497 e. The summed E-state index contributed by atoms with van der Waals surface area (Å²) < 4.78 is 7.16. The lowest BCUT2D eigenvalue weighted by Crippen LogP contribution is -2.42. The molecule has 0 unspecified atom stereocenters. The first-order chi connectivity index (χ1) is 20.1. The van der Waals surface area contributed by atoms with Gasteiger partial charge in [-0.25, -0.2) is 4.68 Å². The van der Waals surface area contributed by atoms with Crippen molar-refractivity contribution in [1.29, 1.82) is 0 Å². The van der Waals surface area contributed by atoms with Crippen LogP contribution < -0.4 is 15.0 Å². The van der Waals surface area contributed by atoms with E-state index in [2.05, 4.69) is 21.7 Å². The first-order valence-corrected chi connectivity index (χ1v) is 15.0. The Hall–Kier alpha value is -4.41. The number of carbonyl (C=O) groups excluding carboxylic acids is 2. The minimum absolute atomic E-state index is 0.147. The van der Waals surface area contributed by atoms with Gasteiger partial charge in [-0.15, -0.1) is 11.8 Å². The molecule has 41 heavy (non-hydrogen) atoms. The number of thioether (sulfide) groups is 1. The van der Waals surface area contributed by atoms with Crippen molar-refractivity contribution < 1.29 is 14.3 Å². The Morgan fingerprint density at radius 2 is 1.85 bits per heavy atom. The van der Waals surface area contributed by atoms with Gasteiger partial charge in [0.1, 0.15) is 18.1 Å². The summed E-state index contributed by atoms with van der Waals surface area (Å²) in [6.45, 7) is 0.125. The maximum atomic E-state index is 13.8. The second kappa shape index (κ2) is 12.0. The average molecular weight is 582 g/mol. The number of anilines is 1. The monoisotopic (exact) mass is 581 g/mol. The van der Waals surface area contributed by atoms with Crippen LogP contribution in [0.2, 0.25) is 0 Å². The van der Waals surface area contributed by atoms with E-state index < -0.39 is 0 Å². The number of ether oxygens (including phenoxy) is 1. The Bertz CT molecular complexity index is 1640. The molecule has 1 aliphatic rings. The molecule has 5 aromatic rings. The summed E-state index contributed by atoms with van der Waals surface area (Å²) in [4.78, 5) is 32.9. The van der Waals surface area contributed by atoms with Gasteiger partial charge < -0.3 is 10.1 Å². The summed E-state index contributed by atoms with van der Waals surface area (Å²) in [5, 5.41) is 12.0. The number of pyridine rings is 1. The highest BCUT2D eigenvalue weighted by Crippen LogP contribution is 2.48. The van der Waals surface area contributed by atoms with Gasteiger partial charge in [-0.05, 0) is 58.8 Å². The molecule has 10 heteroatoms. The van der Waals surface area contributed by atoms with Crippen LogP contribution in [0.25, 0.3) is 16.9 Å². The first kappa shape index (κ1) is 26.8. The summed E-state index contributed by atoms with van der Waals surface area (Å²) in [6.07, 6.45) is 1.69. The third kappa shape index (κ3) is 5.61. The number of methoxy groups -OCH3 is 1. The third-order valence-electron chi connectivity index (χ3n) is 6.79. The zero-order chi connectivity index (χ0) is 28.2. The fraction of sp³-hybridized carbons (Fsp3) is 0.161. The van der Waals surface area contributed by atoms with Crippen molar-refractivity contribution in [2.75, 3.05) is 24.3 Å². The van der Waals surface area contributed by atoms with Crippen LogP contribution in [0.5, 0.6) is 5.75 Å². The third-order valence-corrected chi connectivity index (χ3v) is 8.75. The van der Waals surface area contributed by atoms with Crippen LogP contribution in [0.1, 0.15) is 22.1 Å². The van der Waals surface area contributed by atoms with E-state index in [1.807, 2.05) is 78.2 Å². The zero-order valence-corrected chi connectivity index (χ0v) is 23.9. The number of benzene rings is 2. The van der Waals surface area contributed by atoms with E-state index in [9.17, 15) is 9.59 Å². The highest BCUT2D eigenvalue weighted by molar-refractivity contribution is 8.00. The van der Waals surface area contributed by atoms with E-state index in [1.165, 1.54) is 0 Å². The van der Waals surface area contributed by atoms with Crippen molar-refractivity contribution in [3.8, 4) is 22.7 Å². The lowest BCUT2D eigenvalue weighted by molar-refractivity contribution is -0.123. The second-order valence-electron chi connectivity index (χ2n) is 9.39. The topological polar surface area (TPSA) is 89.3 Å². The van der Waals surface area contributed by atoms with Gasteiger partial charge >= 0.3 is 0 Å². The zero-order valence-electron chi connectivity index (χ0n) is 22.3. The van der Waals surface area contributed by atoms with Gasteiger partial charge in [-0.3, -0.25) is 19.5 Å². The molecular weight excluding hydrogens is 555 g/mol. The normalized spacial score (nSPS) is 14.8. The Kier molecular flexibility index (Phi) is 7.84. The van der Waals surface area contributed by atoms with Crippen molar-refractivity contribution in [3.63, 3.8) is 0 Å². The number of nitrogens with one attached hydrogen (secondary N) is 1. The fourth-order valence-corrected chi connectivity index (χ4v) is 6.77. The molecular formula is C31H27N5O3S2. The van der Waals surface area contributed by atoms with E-state index in [4.69, 9.17) is 9.84 Å². The number of rotatable bonds is 8. The Morgan fingerprint density at radius 3 is 2.56 bits per heavy atom. The van der Waals surface area contributed by atoms with Gasteiger partial charge in [0.25, 0.3) is 0 Å². The van der Waals surface area contributed by atoms with E-state index in [0.29, 0.717) is 11.6 Å². The number of hydrogen-bond acceptors (Lipinski definition) is 7. The van der Waals surface area contributed by atoms with E-state index in [-0.39, 0.29) is 35.9 Å². The smallest absolute Gasteiger partial charge is 0.240 e. The molecule has 6 rings (SSSR count). The number of thiophene rings is 1. The molecule has 3 aromatic heterocycles. The predicted octanol–water partition coefficient (Wildman–Crippen LogP) is 5.49.